The van der Waals surface area contributed by atoms with Gasteiger partial charge in [-0.3, -0.25) is 14.4 Å². The Morgan fingerprint density at radius 3 is 0.759 bits per heavy atom. The largest absolute Gasteiger partial charge is 0.462 e. The van der Waals surface area contributed by atoms with Crippen LogP contribution in [0.15, 0.2) is 134 Å². The third-order valence-electron chi connectivity index (χ3n) is 14.6. The summed E-state index contributed by atoms with van der Waals surface area (Å²) in [4.78, 5) is 38.4. The average molecular weight is 1150 g/mol. The maximum absolute atomic E-state index is 12.9. The van der Waals surface area contributed by atoms with Gasteiger partial charge in [0.05, 0.1) is 0 Å². The normalized spacial score (nSPS) is 13.0. The number of esters is 3. The van der Waals surface area contributed by atoms with Crippen LogP contribution in [-0.2, 0) is 28.6 Å². The van der Waals surface area contributed by atoms with Gasteiger partial charge in [-0.2, -0.15) is 0 Å². The second-order valence-corrected chi connectivity index (χ2v) is 22.7. The molecular formula is C77H128O6. The van der Waals surface area contributed by atoms with Gasteiger partial charge in [0.15, 0.2) is 6.10 Å². The van der Waals surface area contributed by atoms with Crippen molar-refractivity contribution < 1.29 is 28.6 Å². The second-order valence-electron chi connectivity index (χ2n) is 22.7. The summed E-state index contributed by atoms with van der Waals surface area (Å²) in [6, 6.07) is 0. The zero-order chi connectivity index (χ0) is 59.9. The molecule has 0 aromatic carbocycles. The standard InChI is InChI=1S/C77H128O6/c1-4-7-10-13-16-19-22-25-28-31-32-33-34-35-36-37-38-39-40-41-42-43-44-45-46-47-50-52-55-58-61-64-67-70-76(79)82-73-74(83-77(80)71-68-65-62-59-56-53-49-30-27-24-21-18-15-12-9-6-3)72-81-75(78)69-66-63-60-57-54-51-48-29-26-23-20-17-14-11-8-5-2/h7,10,16,19,21,24-25,28-30,32-33,35-36,38-39,41-42,44-45,48-49,74H,4-6,8-9,11-15,17-18,20,22-23,26-27,31,34,37,40,43,46-47,50-73H2,1-3H3/b10-7-,19-16-,24-21-,28-25-,33-32-,36-35-,39-38-,42-41-,45-44-,48-29-,49-30-. The molecule has 0 bridgehead atoms. The summed E-state index contributed by atoms with van der Waals surface area (Å²) in [6.07, 6.45) is 98.9. The summed E-state index contributed by atoms with van der Waals surface area (Å²) in [5.41, 5.74) is 0. The van der Waals surface area contributed by atoms with Crippen molar-refractivity contribution in [2.24, 2.45) is 0 Å². The van der Waals surface area contributed by atoms with E-state index in [9.17, 15) is 14.4 Å². The fourth-order valence-corrected chi connectivity index (χ4v) is 9.43. The van der Waals surface area contributed by atoms with Gasteiger partial charge in [-0.15, -0.1) is 0 Å². The number of carbonyl (C=O) groups excluding carboxylic acids is 3. The Hall–Kier alpha value is -4.45. The average Bonchev–Trinajstić information content (AvgIpc) is 3.49. The van der Waals surface area contributed by atoms with Crippen LogP contribution < -0.4 is 0 Å². The van der Waals surface area contributed by atoms with Gasteiger partial charge in [0.25, 0.3) is 0 Å². The quantitative estimate of drug-likeness (QED) is 0.0261. The lowest BCUT2D eigenvalue weighted by atomic mass is 10.1. The molecule has 0 saturated heterocycles. The number of ether oxygens (including phenoxy) is 3. The molecule has 0 saturated carbocycles. The summed E-state index contributed by atoms with van der Waals surface area (Å²) in [5, 5.41) is 0. The Morgan fingerprint density at radius 2 is 0.470 bits per heavy atom. The molecule has 0 heterocycles. The lowest BCUT2D eigenvalue weighted by molar-refractivity contribution is -0.167. The molecule has 472 valence electrons. The number of hydrogen-bond donors (Lipinski definition) is 0. The molecule has 0 rings (SSSR count). The minimum Gasteiger partial charge on any atom is -0.462 e. The van der Waals surface area contributed by atoms with Crippen LogP contribution in [0.5, 0.6) is 0 Å². The van der Waals surface area contributed by atoms with Crippen LogP contribution in [0.25, 0.3) is 0 Å². The van der Waals surface area contributed by atoms with E-state index in [4.69, 9.17) is 14.2 Å². The number of unbranched alkanes of at least 4 members (excludes halogenated alkanes) is 29. The lowest BCUT2D eigenvalue weighted by Gasteiger charge is -2.18. The molecule has 6 nitrogen and oxygen atoms in total. The highest BCUT2D eigenvalue weighted by Crippen LogP contribution is 2.15. The zero-order valence-electron chi connectivity index (χ0n) is 54.2. The van der Waals surface area contributed by atoms with Crippen molar-refractivity contribution in [1.29, 1.82) is 0 Å². The molecule has 0 aliphatic rings. The zero-order valence-corrected chi connectivity index (χ0v) is 54.2. The molecule has 1 atom stereocenters. The molecule has 1 unspecified atom stereocenters. The van der Waals surface area contributed by atoms with Gasteiger partial charge in [0, 0.05) is 19.3 Å². The van der Waals surface area contributed by atoms with E-state index in [0.717, 1.165) is 148 Å². The van der Waals surface area contributed by atoms with E-state index in [1.54, 1.807) is 0 Å². The van der Waals surface area contributed by atoms with E-state index in [2.05, 4.69) is 154 Å². The molecule has 0 radical (unpaired) electrons. The predicted molar refractivity (Wildman–Crippen MR) is 362 cm³/mol. The van der Waals surface area contributed by atoms with Gasteiger partial charge in [-0.05, 0) is 141 Å². The Bertz CT molecular complexity index is 1750. The third kappa shape index (κ3) is 68.2. The molecule has 0 spiro atoms. The first-order chi connectivity index (χ1) is 41.0. The summed E-state index contributed by atoms with van der Waals surface area (Å²) in [5.74, 6) is -0.915. The molecule has 0 fully saturated rings. The van der Waals surface area contributed by atoms with Gasteiger partial charge in [-0.1, -0.05) is 289 Å². The molecule has 0 aliphatic heterocycles. The highest BCUT2D eigenvalue weighted by Gasteiger charge is 2.19. The fourth-order valence-electron chi connectivity index (χ4n) is 9.43. The van der Waals surface area contributed by atoms with Crippen molar-refractivity contribution in [3.8, 4) is 0 Å². The van der Waals surface area contributed by atoms with Gasteiger partial charge >= 0.3 is 17.9 Å². The van der Waals surface area contributed by atoms with Gasteiger partial charge in [-0.25, -0.2) is 0 Å². The van der Waals surface area contributed by atoms with Gasteiger partial charge < -0.3 is 14.2 Å². The lowest BCUT2D eigenvalue weighted by Crippen LogP contribution is -2.30. The fraction of sp³-hybridized carbons (Fsp3) is 0.675. The summed E-state index contributed by atoms with van der Waals surface area (Å²) in [7, 11) is 0. The molecule has 6 heteroatoms. The highest BCUT2D eigenvalue weighted by atomic mass is 16.6. The Balaban J connectivity index is 4.33. The number of allylic oxidation sites excluding steroid dienone is 22. The van der Waals surface area contributed by atoms with Crippen LogP contribution in [0.1, 0.15) is 316 Å². The topological polar surface area (TPSA) is 78.9 Å². The summed E-state index contributed by atoms with van der Waals surface area (Å²) < 4.78 is 16.9. The van der Waals surface area contributed by atoms with E-state index in [-0.39, 0.29) is 31.1 Å². The van der Waals surface area contributed by atoms with Crippen molar-refractivity contribution in [2.45, 2.75) is 322 Å². The molecular weight excluding hydrogens is 1020 g/mol. The second kappa shape index (κ2) is 70.0. The van der Waals surface area contributed by atoms with E-state index < -0.39 is 6.10 Å². The van der Waals surface area contributed by atoms with Crippen molar-refractivity contribution >= 4 is 17.9 Å². The minimum absolute atomic E-state index is 0.0920. The molecule has 0 N–H and O–H groups in total. The molecule has 83 heavy (non-hydrogen) atoms. The van der Waals surface area contributed by atoms with E-state index >= 15 is 0 Å². The van der Waals surface area contributed by atoms with Crippen LogP contribution in [0.3, 0.4) is 0 Å². The number of carbonyl (C=O) groups is 3. The smallest absolute Gasteiger partial charge is 0.306 e. The summed E-state index contributed by atoms with van der Waals surface area (Å²) in [6.45, 7) is 6.50. The monoisotopic (exact) mass is 1150 g/mol. The first-order valence-electron chi connectivity index (χ1n) is 34.7. The minimum atomic E-state index is -0.797. The Morgan fingerprint density at radius 1 is 0.253 bits per heavy atom. The van der Waals surface area contributed by atoms with Crippen LogP contribution >= 0.6 is 0 Å². The Labute approximate surface area is 513 Å². The van der Waals surface area contributed by atoms with Gasteiger partial charge in [0.2, 0.25) is 0 Å². The van der Waals surface area contributed by atoms with Crippen molar-refractivity contribution in [1.82, 2.24) is 0 Å². The predicted octanol–water partition coefficient (Wildman–Crippen LogP) is 24.1. The molecule has 0 aromatic heterocycles. The van der Waals surface area contributed by atoms with Crippen LogP contribution in [0, 0.1) is 0 Å². The highest BCUT2D eigenvalue weighted by molar-refractivity contribution is 5.71. The summed E-state index contributed by atoms with van der Waals surface area (Å²) >= 11 is 0. The number of rotatable bonds is 62. The van der Waals surface area contributed by atoms with Crippen LogP contribution in [0.2, 0.25) is 0 Å². The maximum atomic E-state index is 12.9. The first kappa shape index (κ1) is 78.5. The van der Waals surface area contributed by atoms with Crippen molar-refractivity contribution in [3.05, 3.63) is 134 Å². The SMILES string of the molecule is CC/C=C\C/C=C\C/C=C\C/C=C\C/C=C\C/C=C\C/C=C\C/C=C\CCCCCCCCCCC(=O)OCC(COC(=O)CCCCCCC/C=C\CCCCCCCCC)OC(=O)CCCCCCC/C=C\C/C=C\CCCCCC. The first-order valence-corrected chi connectivity index (χ1v) is 34.7. The number of hydrogen-bond acceptors (Lipinski definition) is 6. The van der Waals surface area contributed by atoms with E-state index in [1.165, 1.54) is 128 Å². The molecule has 0 amide bonds. The maximum Gasteiger partial charge on any atom is 0.306 e. The van der Waals surface area contributed by atoms with Crippen LogP contribution in [-0.4, -0.2) is 37.2 Å². The Kier molecular flexibility index (Phi) is 66.3. The third-order valence-corrected chi connectivity index (χ3v) is 14.6. The van der Waals surface area contributed by atoms with E-state index in [0.29, 0.717) is 19.3 Å². The van der Waals surface area contributed by atoms with E-state index in [1.807, 2.05) is 0 Å². The van der Waals surface area contributed by atoms with Crippen LogP contribution in [0.4, 0.5) is 0 Å². The molecule has 0 aliphatic carbocycles. The van der Waals surface area contributed by atoms with Crippen molar-refractivity contribution in [3.63, 3.8) is 0 Å². The molecule has 0 aromatic rings. The van der Waals surface area contributed by atoms with Gasteiger partial charge in [0.1, 0.15) is 13.2 Å². The van der Waals surface area contributed by atoms with Crippen molar-refractivity contribution in [2.75, 3.05) is 13.2 Å².